The molecule has 0 saturated heterocycles. The summed E-state index contributed by atoms with van der Waals surface area (Å²) in [5.41, 5.74) is 3.98. The first kappa shape index (κ1) is 23.1. The normalized spacial score (nSPS) is 14.0. The van der Waals surface area contributed by atoms with Gasteiger partial charge in [-0.1, -0.05) is 36.4 Å². The highest BCUT2D eigenvalue weighted by atomic mass is 16.6. The average Bonchev–Trinajstić information content (AvgIpc) is 3.21. The molecule has 1 heterocycles. The SMILES string of the molecule is CCOc1cc(C=C2N=C(c3ccccc3)OC2=O)ccc1OCCOc1cc(C)ccc1C. The zero-order valence-electron chi connectivity index (χ0n) is 19.5. The number of ether oxygens (including phenoxy) is 4. The van der Waals surface area contributed by atoms with Crippen molar-refractivity contribution in [3.05, 3.63) is 94.7 Å². The largest absolute Gasteiger partial charge is 0.490 e. The number of aryl methyl sites for hydroxylation is 2. The Hall–Kier alpha value is -4.06. The van der Waals surface area contributed by atoms with E-state index in [0.717, 1.165) is 28.0 Å². The number of cyclic esters (lactones) is 1. The number of carbonyl (C=O) groups is 1. The lowest BCUT2D eigenvalue weighted by molar-refractivity contribution is -0.129. The van der Waals surface area contributed by atoms with Crippen molar-refractivity contribution in [1.29, 1.82) is 0 Å². The molecular weight excluding hydrogens is 430 g/mol. The molecule has 0 unspecified atom stereocenters. The number of rotatable bonds is 9. The third-order valence-electron chi connectivity index (χ3n) is 5.15. The first-order chi connectivity index (χ1) is 16.5. The van der Waals surface area contributed by atoms with Gasteiger partial charge in [-0.25, -0.2) is 9.79 Å². The summed E-state index contributed by atoms with van der Waals surface area (Å²) in [6.45, 7) is 7.21. The molecule has 0 spiro atoms. The molecule has 6 heteroatoms. The van der Waals surface area contributed by atoms with Crippen molar-refractivity contribution in [1.82, 2.24) is 0 Å². The smallest absolute Gasteiger partial charge is 0.363 e. The van der Waals surface area contributed by atoms with Crippen LogP contribution in [0.3, 0.4) is 0 Å². The van der Waals surface area contributed by atoms with Crippen LogP contribution in [0.1, 0.15) is 29.2 Å². The molecule has 0 radical (unpaired) electrons. The molecule has 6 nitrogen and oxygen atoms in total. The Labute approximate surface area is 199 Å². The number of aliphatic imine (C=N–C) groups is 1. The van der Waals surface area contributed by atoms with Gasteiger partial charge in [0.1, 0.15) is 19.0 Å². The number of carbonyl (C=O) groups excluding carboxylic acids is 1. The van der Waals surface area contributed by atoms with Crippen molar-refractivity contribution in [2.45, 2.75) is 20.8 Å². The third-order valence-corrected chi connectivity index (χ3v) is 5.15. The second-order valence-corrected chi connectivity index (χ2v) is 7.81. The van der Waals surface area contributed by atoms with E-state index in [9.17, 15) is 4.79 Å². The van der Waals surface area contributed by atoms with Crippen molar-refractivity contribution >= 4 is 17.9 Å². The standard InChI is InChI=1S/C28H27NO5/c1-4-31-26-18-21(17-23-28(30)34-27(29-23)22-8-6-5-7-9-22)12-13-24(26)32-14-15-33-25-16-19(2)10-11-20(25)3/h5-13,16-18H,4,14-15H2,1-3H3. The summed E-state index contributed by atoms with van der Waals surface area (Å²) < 4.78 is 22.9. The van der Waals surface area contributed by atoms with Crippen LogP contribution in [0.5, 0.6) is 17.2 Å². The number of hydrogen-bond donors (Lipinski definition) is 0. The van der Waals surface area contributed by atoms with Gasteiger partial charge in [-0.15, -0.1) is 0 Å². The second-order valence-electron chi connectivity index (χ2n) is 7.81. The molecular formula is C28H27NO5. The predicted octanol–water partition coefficient (Wildman–Crippen LogP) is 5.50. The number of benzene rings is 3. The van der Waals surface area contributed by atoms with Gasteiger partial charge in [-0.05, 0) is 73.9 Å². The lowest BCUT2D eigenvalue weighted by Gasteiger charge is -2.14. The van der Waals surface area contributed by atoms with Gasteiger partial charge in [0.2, 0.25) is 5.90 Å². The van der Waals surface area contributed by atoms with Crippen LogP contribution in [0.25, 0.3) is 6.08 Å². The molecule has 0 aromatic heterocycles. The first-order valence-electron chi connectivity index (χ1n) is 11.2. The Morgan fingerprint density at radius 3 is 2.38 bits per heavy atom. The van der Waals surface area contributed by atoms with E-state index >= 15 is 0 Å². The maximum Gasteiger partial charge on any atom is 0.363 e. The topological polar surface area (TPSA) is 66.4 Å². The molecule has 0 bridgehead atoms. The van der Waals surface area contributed by atoms with Crippen molar-refractivity contribution in [3.63, 3.8) is 0 Å². The lowest BCUT2D eigenvalue weighted by Crippen LogP contribution is -2.10. The fraction of sp³-hybridized carbons (Fsp3) is 0.214. The Kier molecular flexibility index (Phi) is 7.28. The summed E-state index contributed by atoms with van der Waals surface area (Å²) in [6.07, 6.45) is 1.67. The minimum atomic E-state index is -0.485. The Morgan fingerprint density at radius 1 is 0.853 bits per heavy atom. The van der Waals surface area contributed by atoms with E-state index in [0.29, 0.717) is 37.2 Å². The minimum absolute atomic E-state index is 0.233. The predicted molar refractivity (Wildman–Crippen MR) is 132 cm³/mol. The number of nitrogens with zero attached hydrogens (tertiary/aromatic N) is 1. The van der Waals surface area contributed by atoms with Crippen LogP contribution in [0.15, 0.2) is 77.4 Å². The van der Waals surface area contributed by atoms with E-state index in [-0.39, 0.29) is 5.70 Å². The number of esters is 1. The fourth-order valence-corrected chi connectivity index (χ4v) is 3.44. The Balaban J connectivity index is 1.44. The van der Waals surface area contributed by atoms with E-state index in [2.05, 4.69) is 11.1 Å². The molecule has 0 atom stereocenters. The van der Waals surface area contributed by atoms with Gasteiger partial charge in [0, 0.05) is 5.56 Å². The Morgan fingerprint density at radius 2 is 1.62 bits per heavy atom. The van der Waals surface area contributed by atoms with Crippen LogP contribution >= 0.6 is 0 Å². The molecule has 1 aliphatic rings. The summed E-state index contributed by atoms with van der Waals surface area (Å²) in [5.74, 6) is 1.86. The lowest BCUT2D eigenvalue weighted by atomic mass is 10.1. The molecule has 0 aliphatic carbocycles. The van der Waals surface area contributed by atoms with Crippen molar-refractivity contribution in [2.75, 3.05) is 19.8 Å². The zero-order valence-corrected chi connectivity index (χ0v) is 19.5. The maximum atomic E-state index is 12.3. The summed E-state index contributed by atoms with van der Waals surface area (Å²) in [6, 6.07) is 20.9. The summed E-state index contributed by atoms with van der Waals surface area (Å²) >= 11 is 0. The maximum absolute atomic E-state index is 12.3. The summed E-state index contributed by atoms with van der Waals surface area (Å²) in [5, 5.41) is 0. The third kappa shape index (κ3) is 5.64. The van der Waals surface area contributed by atoms with Gasteiger partial charge in [0.05, 0.1) is 6.61 Å². The van der Waals surface area contributed by atoms with Crippen molar-refractivity contribution < 1.29 is 23.7 Å². The van der Waals surface area contributed by atoms with Crippen LogP contribution in [-0.2, 0) is 9.53 Å². The summed E-state index contributed by atoms with van der Waals surface area (Å²) in [7, 11) is 0. The highest BCUT2D eigenvalue weighted by molar-refractivity contribution is 6.12. The van der Waals surface area contributed by atoms with Crippen LogP contribution in [0.2, 0.25) is 0 Å². The molecule has 3 aromatic carbocycles. The average molecular weight is 458 g/mol. The van der Waals surface area contributed by atoms with E-state index in [4.69, 9.17) is 18.9 Å². The van der Waals surface area contributed by atoms with Crippen LogP contribution in [-0.4, -0.2) is 31.7 Å². The molecule has 1 aliphatic heterocycles. The van der Waals surface area contributed by atoms with Crippen molar-refractivity contribution in [3.8, 4) is 17.2 Å². The van der Waals surface area contributed by atoms with E-state index in [1.54, 1.807) is 6.08 Å². The molecule has 0 N–H and O–H groups in total. The van der Waals surface area contributed by atoms with Gasteiger partial charge >= 0.3 is 5.97 Å². The van der Waals surface area contributed by atoms with Crippen LogP contribution in [0, 0.1) is 13.8 Å². The van der Waals surface area contributed by atoms with Gasteiger partial charge in [0.15, 0.2) is 17.2 Å². The molecule has 0 fully saturated rings. The quantitative estimate of drug-likeness (QED) is 0.241. The molecule has 4 rings (SSSR count). The monoisotopic (exact) mass is 457 g/mol. The van der Waals surface area contributed by atoms with Gasteiger partial charge in [-0.3, -0.25) is 0 Å². The highest BCUT2D eigenvalue weighted by Crippen LogP contribution is 2.30. The molecule has 0 amide bonds. The Bertz CT molecular complexity index is 1230. The van der Waals surface area contributed by atoms with Crippen LogP contribution in [0.4, 0.5) is 0 Å². The zero-order chi connectivity index (χ0) is 23.9. The molecule has 174 valence electrons. The van der Waals surface area contributed by atoms with Gasteiger partial charge in [-0.2, -0.15) is 0 Å². The first-order valence-corrected chi connectivity index (χ1v) is 11.2. The van der Waals surface area contributed by atoms with Gasteiger partial charge < -0.3 is 18.9 Å². The second kappa shape index (κ2) is 10.7. The summed E-state index contributed by atoms with van der Waals surface area (Å²) in [4.78, 5) is 16.7. The highest BCUT2D eigenvalue weighted by Gasteiger charge is 2.24. The van der Waals surface area contributed by atoms with E-state index in [1.807, 2.05) is 81.4 Å². The van der Waals surface area contributed by atoms with Crippen molar-refractivity contribution in [2.24, 2.45) is 4.99 Å². The number of hydrogen-bond acceptors (Lipinski definition) is 6. The van der Waals surface area contributed by atoms with Crippen LogP contribution < -0.4 is 14.2 Å². The fourth-order valence-electron chi connectivity index (χ4n) is 3.44. The van der Waals surface area contributed by atoms with Gasteiger partial charge in [0.25, 0.3) is 0 Å². The molecule has 3 aromatic rings. The van der Waals surface area contributed by atoms with E-state index in [1.165, 1.54) is 0 Å². The molecule has 0 saturated carbocycles. The van der Waals surface area contributed by atoms with E-state index < -0.39 is 5.97 Å². The molecule has 34 heavy (non-hydrogen) atoms. The minimum Gasteiger partial charge on any atom is -0.490 e.